The molecule has 1 aromatic carbocycles. The second-order valence-corrected chi connectivity index (χ2v) is 7.23. The fraction of sp³-hybridized carbons (Fsp3) is 0.455. The molecule has 1 aromatic heterocycles. The van der Waals surface area contributed by atoms with Gasteiger partial charge in [-0.15, -0.1) is 0 Å². The van der Waals surface area contributed by atoms with Crippen LogP contribution in [-0.4, -0.2) is 42.5 Å². The molecule has 144 valence electrons. The zero-order valence-corrected chi connectivity index (χ0v) is 16.4. The summed E-state index contributed by atoms with van der Waals surface area (Å²) < 4.78 is 0. The molecule has 27 heavy (non-hydrogen) atoms. The Bertz CT molecular complexity index is 721. The molecule has 0 atom stereocenters. The van der Waals surface area contributed by atoms with Gasteiger partial charge in [0, 0.05) is 38.1 Å². The van der Waals surface area contributed by atoms with E-state index in [-0.39, 0.29) is 5.91 Å². The second-order valence-electron chi connectivity index (χ2n) is 7.23. The van der Waals surface area contributed by atoms with Crippen molar-refractivity contribution in [3.63, 3.8) is 0 Å². The number of anilines is 3. The number of carbonyl (C=O) groups is 1. The summed E-state index contributed by atoms with van der Waals surface area (Å²) >= 11 is 0. The fourth-order valence-corrected chi connectivity index (χ4v) is 3.36. The summed E-state index contributed by atoms with van der Waals surface area (Å²) in [5, 5.41) is 3.36. The van der Waals surface area contributed by atoms with Gasteiger partial charge in [-0.05, 0) is 62.1 Å². The summed E-state index contributed by atoms with van der Waals surface area (Å²) in [5.74, 6) is -0.0270. The molecule has 5 nitrogen and oxygen atoms in total. The molecule has 1 saturated heterocycles. The van der Waals surface area contributed by atoms with Crippen molar-refractivity contribution in [2.45, 2.75) is 39.0 Å². The molecule has 2 heterocycles. The van der Waals surface area contributed by atoms with E-state index in [2.05, 4.69) is 46.4 Å². The lowest BCUT2D eigenvalue weighted by molar-refractivity contribution is 0.0787. The van der Waals surface area contributed by atoms with Crippen molar-refractivity contribution in [3.05, 3.63) is 48.3 Å². The van der Waals surface area contributed by atoms with Gasteiger partial charge in [-0.3, -0.25) is 4.79 Å². The molecule has 0 unspecified atom stereocenters. The van der Waals surface area contributed by atoms with Gasteiger partial charge in [0.25, 0.3) is 5.91 Å². The normalized spacial score (nSPS) is 14.1. The minimum absolute atomic E-state index is 0.0270. The number of aromatic nitrogens is 1. The van der Waals surface area contributed by atoms with Crippen molar-refractivity contribution in [2.24, 2.45) is 0 Å². The number of nitrogens with zero attached hydrogens (tertiary/aromatic N) is 3. The van der Waals surface area contributed by atoms with E-state index in [1.165, 1.54) is 24.9 Å². The smallest absolute Gasteiger partial charge is 0.272 e. The molecular weight excluding hydrogens is 336 g/mol. The van der Waals surface area contributed by atoms with Crippen molar-refractivity contribution >= 4 is 23.0 Å². The first-order valence-corrected chi connectivity index (χ1v) is 10.0. The highest BCUT2D eigenvalue weighted by Gasteiger charge is 2.13. The van der Waals surface area contributed by atoms with Crippen molar-refractivity contribution in [3.8, 4) is 0 Å². The third-order valence-electron chi connectivity index (χ3n) is 5.05. The Morgan fingerprint density at radius 3 is 2.41 bits per heavy atom. The van der Waals surface area contributed by atoms with Crippen LogP contribution in [-0.2, 0) is 0 Å². The van der Waals surface area contributed by atoms with Crippen molar-refractivity contribution in [1.29, 1.82) is 0 Å². The van der Waals surface area contributed by atoms with Gasteiger partial charge in [0.1, 0.15) is 5.69 Å². The van der Waals surface area contributed by atoms with Crippen LogP contribution in [0.5, 0.6) is 0 Å². The molecule has 3 rings (SSSR count). The van der Waals surface area contributed by atoms with E-state index in [0.717, 1.165) is 43.9 Å². The highest BCUT2D eigenvalue weighted by molar-refractivity contribution is 5.92. The van der Waals surface area contributed by atoms with Gasteiger partial charge in [-0.1, -0.05) is 13.3 Å². The molecule has 1 N–H and O–H groups in total. The maximum absolute atomic E-state index is 12.3. The van der Waals surface area contributed by atoms with E-state index in [4.69, 9.17) is 0 Å². The summed E-state index contributed by atoms with van der Waals surface area (Å²) in [6.45, 7) is 5.19. The third-order valence-corrected chi connectivity index (χ3v) is 5.05. The average molecular weight is 367 g/mol. The van der Waals surface area contributed by atoms with Gasteiger partial charge < -0.3 is 15.1 Å². The number of rotatable bonds is 7. The quantitative estimate of drug-likeness (QED) is 0.772. The zero-order chi connectivity index (χ0) is 19.1. The Labute approximate surface area is 162 Å². The highest BCUT2D eigenvalue weighted by Crippen LogP contribution is 2.23. The molecule has 0 spiro atoms. The Hall–Kier alpha value is -2.56. The SMILES string of the molecule is CCCCN(C)C(=O)c1ccc(Nc2ccc(N3CCCCC3)cc2)cn1. The number of hydrogen-bond donors (Lipinski definition) is 1. The van der Waals surface area contributed by atoms with Crippen LogP contribution in [0.25, 0.3) is 0 Å². The van der Waals surface area contributed by atoms with Gasteiger partial charge in [0.05, 0.1) is 11.9 Å². The van der Waals surface area contributed by atoms with Crippen molar-refractivity contribution in [1.82, 2.24) is 9.88 Å². The van der Waals surface area contributed by atoms with E-state index in [1.807, 2.05) is 13.1 Å². The predicted octanol–water partition coefficient (Wildman–Crippen LogP) is 4.69. The van der Waals surface area contributed by atoms with Crippen LogP contribution < -0.4 is 10.2 Å². The molecule has 1 aliphatic rings. The predicted molar refractivity (Wildman–Crippen MR) is 112 cm³/mol. The summed E-state index contributed by atoms with van der Waals surface area (Å²) in [5.41, 5.74) is 3.68. The molecule has 0 saturated carbocycles. The average Bonchev–Trinajstić information content (AvgIpc) is 2.73. The van der Waals surface area contributed by atoms with Crippen LogP contribution in [0, 0.1) is 0 Å². The number of piperidine rings is 1. The fourth-order valence-electron chi connectivity index (χ4n) is 3.36. The van der Waals surface area contributed by atoms with E-state index >= 15 is 0 Å². The van der Waals surface area contributed by atoms with Crippen LogP contribution in [0.4, 0.5) is 17.1 Å². The van der Waals surface area contributed by atoms with Crippen LogP contribution in [0.15, 0.2) is 42.6 Å². The molecule has 2 aromatic rings. The molecule has 1 aliphatic heterocycles. The lowest BCUT2D eigenvalue weighted by Gasteiger charge is -2.28. The minimum atomic E-state index is -0.0270. The second kappa shape index (κ2) is 9.40. The van der Waals surface area contributed by atoms with Crippen molar-refractivity contribution < 1.29 is 4.79 Å². The number of unbranched alkanes of at least 4 members (excludes halogenated alkanes) is 1. The van der Waals surface area contributed by atoms with Gasteiger partial charge in [-0.2, -0.15) is 0 Å². The lowest BCUT2D eigenvalue weighted by atomic mass is 10.1. The third kappa shape index (κ3) is 5.22. The lowest BCUT2D eigenvalue weighted by Crippen LogP contribution is -2.29. The van der Waals surface area contributed by atoms with Crippen molar-refractivity contribution in [2.75, 3.05) is 36.9 Å². The van der Waals surface area contributed by atoms with E-state index in [0.29, 0.717) is 5.69 Å². The van der Waals surface area contributed by atoms with Crippen LogP contribution in [0.2, 0.25) is 0 Å². The summed E-state index contributed by atoms with van der Waals surface area (Å²) in [6, 6.07) is 12.2. The summed E-state index contributed by atoms with van der Waals surface area (Å²) in [4.78, 5) is 20.9. The van der Waals surface area contributed by atoms with Crippen LogP contribution in [0.3, 0.4) is 0 Å². The molecular formula is C22H30N4O. The van der Waals surface area contributed by atoms with Gasteiger partial charge in [0.2, 0.25) is 0 Å². The van der Waals surface area contributed by atoms with Gasteiger partial charge in [0.15, 0.2) is 0 Å². The maximum atomic E-state index is 12.3. The number of carbonyl (C=O) groups excluding carboxylic acids is 1. The number of benzene rings is 1. The topological polar surface area (TPSA) is 48.5 Å². The van der Waals surface area contributed by atoms with Gasteiger partial charge in [-0.25, -0.2) is 4.98 Å². The highest BCUT2D eigenvalue weighted by atomic mass is 16.2. The Kier molecular flexibility index (Phi) is 6.69. The summed E-state index contributed by atoms with van der Waals surface area (Å²) in [6.07, 6.45) is 7.71. The first kappa shape index (κ1) is 19.2. The Morgan fingerprint density at radius 2 is 1.78 bits per heavy atom. The molecule has 1 amide bonds. The largest absolute Gasteiger partial charge is 0.372 e. The zero-order valence-electron chi connectivity index (χ0n) is 16.4. The van der Waals surface area contributed by atoms with E-state index < -0.39 is 0 Å². The maximum Gasteiger partial charge on any atom is 0.272 e. The molecule has 0 bridgehead atoms. The molecule has 5 heteroatoms. The molecule has 0 radical (unpaired) electrons. The van der Waals surface area contributed by atoms with Crippen LogP contribution >= 0.6 is 0 Å². The monoisotopic (exact) mass is 366 g/mol. The van der Waals surface area contributed by atoms with Crippen LogP contribution in [0.1, 0.15) is 49.5 Å². The van der Waals surface area contributed by atoms with E-state index in [9.17, 15) is 4.79 Å². The first-order chi connectivity index (χ1) is 13.2. The number of amides is 1. The summed E-state index contributed by atoms with van der Waals surface area (Å²) in [7, 11) is 1.83. The minimum Gasteiger partial charge on any atom is -0.372 e. The number of nitrogens with one attached hydrogen (secondary N) is 1. The van der Waals surface area contributed by atoms with E-state index in [1.54, 1.807) is 17.2 Å². The Morgan fingerprint density at radius 1 is 1.07 bits per heavy atom. The molecule has 1 fully saturated rings. The molecule has 0 aliphatic carbocycles. The van der Waals surface area contributed by atoms with Gasteiger partial charge >= 0.3 is 0 Å². The standard InChI is InChI=1S/C22H30N4O/c1-3-4-14-25(2)22(27)21-13-10-19(17-23-21)24-18-8-11-20(12-9-18)26-15-6-5-7-16-26/h8-13,17,24H,3-7,14-16H2,1-2H3. The Balaban J connectivity index is 1.58. The number of hydrogen-bond acceptors (Lipinski definition) is 4. The number of pyridine rings is 1. The first-order valence-electron chi connectivity index (χ1n) is 10.0.